The van der Waals surface area contributed by atoms with Crippen molar-refractivity contribution in [3.8, 4) is 5.75 Å². The fourth-order valence-electron chi connectivity index (χ4n) is 4.99. The van der Waals surface area contributed by atoms with Gasteiger partial charge in [0.2, 0.25) is 5.91 Å². The number of carbonyl (C=O) groups is 2. The molecule has 3 aromatic carbocycles. The third kappa shape index (κ3) is 7.77. The number of hydrogen-bond acceptors (Lipinski definition) is 3. The van der Waals surface area contributed by atoms with Crippen LogP contribution in [0.5, 0.6) is 5.75 Å². The minimum absolute atomic E-state index is 0.0781. The van der Waals surface area contributed by atoms with Gasteiger partial charge in [-0.25, -0.2) is 0 Å². The molecule has 206 valence electrons. The summed E-state index contributed by atoms with van der Waals surface area (Å²) in [5.41, 5.74) is 3.56. The zero-order valence-corrected chi connectivity index (χ0v) is 25.3. The largest absolute Gasteiger partial charge is 0.484 e. The molecule has 0 aromatic heterocycles. The number of nitrogens with one attached hydrogen (secondary N) is 1. The summed E-state index contributed by atoms with van der Waals surface area (Å²) in [6.07, 6.45) is 4.42. The first-order valence-electron chi connectivity index (χ1n) is 13.2. The lowest BCUT2D eigenvalue weighted by Gasteiger charge is -2.32. The van der Waals surface area contributed by atoms with Crippen molar-refractivity contribution in [2.45, 2.75) is 64.6 Å². The van der Waals surface area contributed by atoms with Crippen LogP contribution in [-0.2, 0) is 22.6 Å². The first-order chi connectivity index (χ1) is 18.7. The highest BCUT2D eigenvalue weighted by atomic mass is 79.9. The molecule has 1 N–H and O–H groups in total. The number of rotatable bonds is 10. The Morgan fingerprint density at radius 3 is 2.23 bits per heavy atom. The molecule has 1 atom stereocenters. The molecule has 1 fully saturated rings. The van der Waals surface area contributed by atoms with E-state index in [9.17, 15) is 9.59 Å². The van der Waals surface area contributed by atoms with E-state index in [1.165, 1.54) is 0 Å². The molecular weight excluding hydrogens is 599 g/mol. The van der Waals surface area contributed by atoms with Crippen LogP contribution in [0, 0.1) is 13.8 Å². The van der Waals surface area contributed by atoms with Crippen molar-refractivity contribution < 1.29 is 14.3 Å². The minimum atomic E-state index is -0.773. The van der Waals surface area contributed by atoms with Gasteiger partial charge in [0.15, 0.2) is 6.61 Å². The molecule has 1 aliphatic rings. The zero-order chi connectivity index (χ0) is 27.9. The number of amides is 2. The predicted octanol–water partition coefficient (Wildman–Crippen LogP) is 7.45. The number of carbonyl (C=O) groups excluding carboxylic acids is 2. The highest BCUT2D eigenvalue weighted by Crippen LogP contribution is 2.29. The quantitative estimate of drug-likeness (QED) is 0.253. The number of nitrogens with zero attached hydrogens (tertiary/aromatic N) is 1. The Labute approximate surface area is 249 Å². The van der Waals surface area contributed by atoms with Crippen molar-refractivity contribution in [1.82, 2.24) is 10.2 Å². The monoisotopic (exact) mass is 630 g/mol. The molecule has 39 heavy (non-hydrogen) atoms. The summed E-state index contributed by atoms with van der Waals surface area (Å²) in [7, 11) is 0. The van der Waals surface area contributed by atoms with Crippen LogP contribution in [0.2, 0.25) is 10.0 Å². The summed E-state index contributed by atoms with van der Waals surface area (Å²) in [6, 6.07) is 18.1. The summed E-state index contributed by atoms with van der Waals surface area (Å²) < 4.78 is 6.97. The lowest BCUT2D eigenvalue weighted by molar-refractivity contribution is -0.143. The molecule has 0 unspecified atom stereocenters. The smallest absolute Gasteiger partial charge is 0.261 e. The number of aryl methyl sites for hydroxylation is 2. The van der Waals surface area contributed by atoms with E-state index in [0.717, 1.165) is 46.8 Å². The fraction of sp³-hybridized carbons (Fsp3) is 0.355. The van der Waals surface area contributed by atoms with Crippen molar-refractivity contribution in [3.05, 3.63) is 97.4 Å². The van der Waals surface area contributed by atoms with Crippen LogP contribution >= 0.6 is 39.1 Å². The topological polar surface area (TPSA) is 58.6 Å². The third-order valence-electron chi connectivity index (χ3n) is 7.14. The molecule has 8 heteroatoms. The molecule has 0 heterocycles. The lowest BCUT2D eigenvalue weighted by Crippen LogP contribution is -2.53. The summed E-state index contributed by atoms with van der Waals surface area (Å²) in [5.74, 6) is 0.0802. The van der Waals surface area contributed by atoms with Gasteiger partial charge in [0.25, 0.3) is 5.91 Å². The van der Waals surface area contributed by atoms with E-state index in [-0.39, 0.29) is 31.0 Å². The van der Waals surface area contributed by atoms with Crippen molar-refractivity contribution >= 4 is 50.9 Å². The van der Waals surface area contributed by atoms with Gasteiger partial charge in [0.1, 0.15) is 11.8 Å². The van der Waals surface area contributed by atoms with Crippen molar-refractivity contribution in [2.75, 3.05) is 6.61 Å². The van der Waals surface area contributed by atoms with E-state index < -0.39 is 6.04 Å². The van der Waals surface area contributed by atoms with Gasteiger partial charge in [-0.1, -0.05) is 88.4 Å². The van der Waals surface area contributed by atoms with Gasteiger partial charge >= 0.3 is 0 Å². The Kier molecular flexibility index (Phi) is 10.3. The first kappa shape index (κ1) is 29.4. The molecule has 0 aliphatic heterocycles. The second kappa shape index (κ2) is 13.7. The lowest BCUT2D eigenvalue weighted by atomic mass is 10.0. The maximum Gasteiger partial charge on any atom is 0.261 e. The van der Waals surface area contributed by atoms with Gasteiger partial charge in [-0.05, 0) is 67.6 Å². The normalized spacial score (nSPS) is 14.2. The third-order valence-corrected chi connectivity index (χ3v) is 9.09. The number of halogens is 3. The summed E-state index contributed by atoms with van der Waals surface area (Å²) in [6.45, 7) is 3.79. The Bertz CT molecular complexity index is 1270. The van der Waals surface area contributed by atoms with Gasteiger partial charge in [-0.2, -0.15) is 0 Å². The van der Waals surface area contributed by atoms with Crippen molar-refractivity contribution in [1.29, 1.82) is 0 Å². The average molecular weight is 632 g/mol. The van der Waals surface area contributed by atoms with E-state index in [0.29, 0.717) is 27.8 Å². The summed E-state index contributed by atoms with van der Waals surface area (Å²) in [5, 5.41) is 4.08. The Morgan fingerprint density at radius 1 is 1.00 bits per heavy atom. The molecule has 0 bridgehead atoms. The Morgan fingerprint density at radius 2 is 1.62 bits per heavy atom. The predicted molar refractivity (Wildman–Crippen MR) is 160 cm³/mol. The molecule has 3 aromatic rings. The highest BCUT2D eigenvalue weighted by molar-refractivity contribution is 9.10. The summed E-state index contributed by atoms with van der Waals surface area (Å²) in [4.78, 5) is 29.2. The van der Waals surface area contributed by atoms with E-state index in [1.54, 1.807) is 23.1 Å². The van der Waals surface area contributed by atoms with E-state index in [4.69, 9.17) is 27.9 Å². The van der Waals surface area contributed by atoms with Gasteiger partial charge in [-0.15, -0.1) is 0 Å². The van der Waals surface area contributed by atoms with Crippen LogP contribution in [0.3, 0.4) is 0 Å². The minimum Gasteiger partial charge on any atom is -0.484 e. The molecule has 1 saturated carbocycles. The van der Waals surface area contributed by atoms with Crippen molar-refractivity contribution in [2.24, 2.45) is 0 Å². The average Bonchev–Trinajstić information content (AvgIpc) is 3.43. The molecule has 0 radical (unpaired) electrons. The number of benzene rings is 3. The van der Waals surface area contributed by atoms with Gasteiger partial charge in [0, 0.05) is 39.1 Å². The first-order valence-corrected chi connectivity index (χ1v) is 14.7. The molecular formula is C31H33BrCl2N2O3. The number of hydrogen-bond donors (Lipinski definition) is 1. The van der Waals surface area contributed by atoms with E-state index >= 15 is 0 Å². The van der Waals surface area contributed by atoms with Crippen LogP contribution in [0.25, 0.3) is 0 Å². The van der Waals surface area contributed by atoms with Gasteiger partial charge in [-0.3, -0.25) is 9.59 Å². The van der Waals surface area contributed by atoms with Crippen LogP contribution in [0.4, 0.5) is 0 Å². The zero-order valence-electron chi connectivity index (χ0n) is 22.2. The van der Waals surface area contributed by atoms with Gasteiger partial charge < -0.3 is 15.0 Å². The van der Waals surface area contributed by atoms with Crippen LogP contribution in [0.1, 0.15) is 47.9 Å². The Hall–Kier alpha value is -2.54. The van der Waals surface area contributed by atoms with Crippen LogP contribution in [-0.4, -0.2) is 35.4 Å². The molecule has 0 spiro atoms. The molecule has 0 saturated heterocycles. The fourth-order valence-corrected chi connectivity index (χ4v) is 5.74. The number of ether oxygens (including phenoxy) is 1. The molecule has 5 nitrogen and oxygen atoms in total. The van der Waals surface area contributed by atoms with E-state index in [2.05, 4.69) is 21.2 Å². The van der Waals surface area contributed by atoms with E-state index in [1.807, 2.05) is 56.3 Å². The van der Waals surface area contributed by atoms with Crippen molar-refractivity contribution in [3.63, 3.8) is 0 Å². The van der Waals surface area contributed by atoms with Crippen LogP contribution in [0.15, 0.2) is 65.1 Å². The second-order valence-corrected chi connectivity index (χ2v) is 11.7. The standard InChI is InChI=1S/C31H33BrCl2N2O3/c1-20-15-24(16-21(2)30(20)32)39-19-29(37)36(18-25-26(33)13-8-14-27(25)34)28(17-22-9-4-3-5-10-22)31(38)35-23-11-6-7-12-23/h3-5,8-10,13-16,23,28H,6-7,11-12,17-19H2,1-2H3,(H,35,38)/t28-/m0/s1. The second-order valence-electron chi connectivity index (χ2n) is 10.1. The molecule has 2 amide bonds. The maximum absolute atomic E-state index is 13.9. The summed E-state index contributed by atoms with van der Waals surface area (Å²) >= 11 is 16.6. The highest BCUT2D eigenvalue weighted by Gasteiger charge is 2.33. The molecule has 1 aliphatic carbocycles. The SMILES string of the molecule is Cc1cc(OCC(=O)N(Cc2c(Cl)cccc2Cl)[C@@H](Cc2ccccc2)C(=O)NC2CCCC2)cc(C)c1Br. The van der Waals surface area contributed by atoms with Gasteiger partial charge in [0.05, 0.1) is 0 Å². The maximum atomic E-state index is 13.9. The van der Waals surface area contributed by atoms with Crippen LogP contribution < -0.4 is 10.1 Å². The Balaban J connectivity index is 1.66. The molecule has 4 rings (SSSR count).